The van der Waals surface area contributed by atoms with Crippen LogP contribution < -0.4 is 10.2 Å². The molecule has 136 valence electrons. The zero-order valence-corrected chi connectivity index (χ0v) is 14.8. The van der Waals surface area contributed by atoms with Gasteiger partial charge >= 0.3 is 0 Å². The van der Waals surface area contributed by atoms with Crippen LogP contribution >= 0.6 is 11.8 Å². The van der Waals surface area contributed by atoms with Gasteiger partial charge in [-0.05, 0) is 6.07 Å². The van der Waals surface area contributed by atoms with Gasteiger partial charge in [-0.2, -0.15) is 0 Å². The number of benzene rings is 1. The summed E-state index contributed by atoms with van der Waals surface area (Å²) in [7, 11) is 0. The van der Waals surface area contributed by atoms with Crippen molar-refractivity contribution in [3.63, 3.8) is 0 Å². The number of nitro benzene ring substituents is 1. The second-order valence-electron chi connectivity index (χ2n) is 5.35. The van der Waals surface area contributed by atoms with Gasteiger partial charge in [-0.1, -0.05) is 13.8 Å². The van der Waals surface area contributed by atoms with Crippen molar-refractivity contribution in [1.82, 2.24) is 0 Å². The Morgan fingerprint density at radius 3 is 2.29 bits per heavy atom. The van der Waals surface area contributed by atoms with Gasteiger partial charge in [-0.15, -0.1) is 11.8 Å². The maximum absolute atomic E-state index is 11.4. The lowest BCUT2D eigenvalue weighted by atomic mass is 10.2. The molecule has 0 aliphatic rings. The second-order valence-corrected chi connectivity index (χ2v) is 6.96. The van der Waals surface area contributed by atoms with E-state index in [-0.39, 0.29) is 50.4 Å². The highest BCUT2D eigenvalue weighted by molar-refractivity contribution is 8.00. The van der Waals surface area contributed by atoms with E-state index in [2.05, 4.69) is 5.32 Å². The molecule has 0 aliphatic heterocycles. The minimum Gasteiger partial charge on any atom is -0.395 e. The highest BCUT2D eigenvalue weighted by Crippen LogP contribution is 2.40. The molecule has 1 aromatic carbocycles. The molecule has 0 atom stereocenters. The summed E-state index contributed by atoms with van der Waals surface area (Å²) in [5, 5.41) is 41.9. The Balaban J connectivity index is 3.40. The van der Waals surface area contributed by atoms with Crippen LogP contribution in [0.4, 0.5) is 17.1 Å². The van der Waals surface area contributed by atoms with Crippen molar-refractivity contribution in [2.24, 2.45) is 0 Å². The predicted octanol–water partition coefficient (Wildman–Crippen LogP) is 1.29. The van der Waals surface area contributed by atoms with Crippen molar-refractivity contribution in [1.29, 1.82) is 0 Å². The lowest BCUT2D eigenvalue weighted by molar-refractivity contribution is -0.383. The van der Waals surface area contributed by atoms with Gasteiger partial charge in [0, 0.05) is 35.8 Å². The molecule has 1 aromatic rings. The summed E-state index contributed by atoms with van der Waals surface area (Å²) in [5.41, 5.74) is 0.847. The first-order valence-corrected chi connectivity index (χ1v) is 8.63. The molecule has 0 saturated carbocycles. The van der Waals surface area contributed by atoms with Crippen LogP contribution in [0.2, 0.25) is 0 Å². The van der Waals surface area contributed by atoms with Crippen LogP contribution in [-0.2, 0) is 0 Å². The van der Waals surface area contributed by atoms with Crippen LogP contribution in [0.1, 0.15) is 13.8 Å². The molecule has 9 heteroatoms. The van der Waals surface area contributed by atoms with Crippen molar-refractivity contribution in [3.8, 4) is 0 Å². The first-order valence-electron chi connectivity index (χ1n) is 7.75. The van der Waals surface area contributed by atoms with E-state index in [1.807, 2.05) is 13.8 Å². The van der Waals surface area contributed by atoms with Crippen LogP contribution in [0.3, 0.4) is 0 Å². The first kappa shape index (κ1) is 20.5. The van der Waals surface area contributed by atoms with E-state index in [0.717, 1.165) is 4.90 Å². The number of hydrogen-bond donors (Lipinski definition) is 4. The molecule has 0 aromatic heterocycles. The minimum atomic E-state index is -0.483. The fourth-order valence-electron chi connectivity index (χ4n) is 2.23. The molecule has 0 heterocycles. The number of aliphatic hydroxyl groups excluding tert-OH is 3. The highest BCUT2D eigenvalue weighted by Gasteiger charge is 2.22. The Bertz CT molecular complexity index is 536. The predicted molar refractivity (Wildman–Crippen MR) is 96.0 cm³/mol. The van der Waals surface area contributed by atoms with Crippen molar-refractivity contribution < 1.29 is 20.2 Å². The van der Waals surface area contributed by atoms with Crippen LogP contribution in [0, 0.1) is 10.1 Å². The van der Waals surface area contributed by atoms with Gasteiger partial charge in [-0.3, -0.25) is 10.1 Å². The maximum atomic E-state index is 11.4. The summed E-state index contributed by atoms with van der Waals surface area (Å²) in [6.07, 6.45) is 0. The smallest absolute Gasteiger partial charge is 0.294 e. The van der Waals surface area contributed by atoms with E-state index < -0.39 is 4.92 Å². The number of anilines is 2. The molecule has 8 nitrogen and oxygen atoms in total. The van der Waals surface area contributed by atoms with Crippen molar-refractivity contribution in [2.45, 2.75) is 24.0 Å². The SMILES string of the molecule is CC(C)Sc1cc(NCCO)c([N+](=O)[O-])cc1N(CCO)CCO. The van der Waals surface area contributed by atoms with Gasteiger partial charge < -0.3 is 25.5 Å². The van der Waals surface area contributed by atoms with Crippen LogP contribution in [0.25, 0.3) is 0 Å². The topological polar surface area (TPSA) is 119 Å². The van der Waals surface area contributed by atoms with Crippen molar-refractivity contribution in [2.75, 3.05) is 49.7 Å². The molecule has 0 spiro atoms. The Labute approximate surface area is 145 Å². The van der Waals surface area contributed by atoms with Gasteiger partial charge in [0.15, 0.2) is 0 Å². The van der Waals surface area contributed by atoms with Crippen molar-refractivity contribution >= 4 is 28.8 Å². The maximum Gasteiger partial charge on any atom is 0.294 e. The Morgan fingerprint density at radius 1 is 1.21 bits per heavy atom. The molecular weight excluding hydrogens is 334 g/mol. The molecule has 0 saturated heterocycles. The third kappa shape index (κ3) is 5.82. The molecule has 0 fully saturated rings. The Morgan fingerprint density at radius 2 is 1.83 bits per heavy atom. The van der Waals surface area contributed by atoms with E-state index in [9.17, 15) is 20.3 Å². The third-order valence-electron chi connectivity index (χ3n) is 3.14. The first-order chi connectivity index (χ1) is 11.4. The summed E-state index contributed by atoms with van der Waals surface area (Å²) < 4.78 is 0. The molecule has 0 radical (unpaired) electrons. The third-order valence-corrected chi connectivity index (χ3v) is 4.20. The normalized spacial score (nSPS) is 10.9. The van der Waals surface area contributed by atoms with Gasteiger partial charge in [0.25, 0.3) is 5.69 Å². The zero-order chi connectivity index (χ0) is 18.1. The number of thioether (sulfide) groups is 1. The minimum absolute atomic E-state index is 0.104. The number of hydrogen-bond acceptors (Lipinski definition) is 8. The average molecular weight is 359 g/mol. The lowest BCUT2D eigenvalue weighted by Crippen LogP contribution is -2.30. The summed E-state index contributed by atoms with van der Waals surface area (Å²) in [6.45, 7) is 4.40. The van der Waals surface area contributed by atoms with Gasteiger partial charge in [0.2, 0.25) is 0 Å². The monoisotopic (exact) mass is 359 g/mol. The number of nitro groups is 1. The quantitative estimate of drug-likeness (QED) is 0.265. The van der Waals surface area contributed by atoms with E-state index >= 15 is 0 Å². The molecule has 24 heavy (non-hydrogen) atoms. The molecule has 0 amide bonds. The van der Waals surface area contributed by atoms with Crippen LogP contribution in [0.15, 0.2) is 17.0 Å². The summed E-state index contributed by atoms with van der Waals surface area (Å²) >= 11 is 1.54. The van der Waals surface area contributed by atoms with Crippen LogP contribution in [-0.4, -0.2) is 64.9 Å². The molecule has 0 unspecified atom stereocenters. The molecule has 0 bridgehead atoms. The molecule has 4 N–H and O–H groups in total. The Hall–Kier alpha value is -1.55. The second kappa shape index (κ2) is 10.3. The number of nitrogens with zero attached hydrogens (tertiary/aromatic N) is 2. The van der Waals surface area contributed by atoms with Gasteiger partial charge in [-0.25, -0.2) is 0 Å². The van der Waals surface area contributed by atoms with Crippen LogP contribution in [0.5, 0.6) is 0 Å². The molecular formula is C15H25N3O5S. The Kier molecular flexibility index (Phi) is 8.83. The summed E-state index contributed by atoms with van der Waals surface area (Å²) in [4.78, 5) is 13.5. The largest absolute Gasteiger partial charge is 0.395 e. The van der Waals surface area contributed by atoms with Gasteiger partial charge in [0.05, 0.1) is 30.4 Å². The fraction of sp³-hybridized carbons (Fsp3) is 0.600. The summed E-state index contributed by atoms with van der Waals surface area (Å²) in [6, 6.07) is 3.14. The fourth-order valence-corrected chi connectivity index (χ4v) is 3.23. The molecule has 0 aliphatic carbocycles. The van der Waals surface area contributed by atoms with E-state index in [1.165, 1.54) is 6.07 Å². The molecule has 1 rings (SSSR count). The lowest BCUT2D eigenvalue weighted by Gasteiger charge is -2.26. The number of rotatable bonds is 11. The van der Waals surface area contributed by atoms with E-state index in [1.54, 1.807) is 22.7 Å². The average Bonchev–Trinajstić information content (AvgIpc) is 2.52. The summed E-state index contributed by atoms with van der Waals surface area (Å²) in [5.74, 6) is 0. The van der Waals surface area contributed by atoms with E-state index in [0.29, 0.717) is 11.4 Å². The zero-order valence-electron chi connectivity index (χ0n) is 13.9. The number of nitrogens with one attached hydrogen (secondary N) is 1. The van der Waals surface area contributed by atoms with Gasteiger partial charge in [0.1, 0.15) is 5.69 Å². The standard InChI is InChI=1S/C15H25N3O5S/c1-11(2)24-15-9-12(16-3-6-19)13(18(22)23)10-14(15)17(4-7-20)5-8-21/h9-11,16,19-21H,3-8H2,1-2H3. The van der Waals surface area contributed by atoms with E-state index in [4.69, 9.17) is 5.11 Å². The highest BCUT2D eigenvalue weighted by atomic mass is 32.2. The van der Waals surface area contributed by atoms with Crippen molar-refractivity contribution in [3.05, 3.63) is 22.2 Å². The number of aliphatic hydroxyl groups is 3.